The first-order chi connectivity index (χ1) is 14.7. The summed E-state index contributed by atoms with van der Waals surface area (Å²) in [7, 11) is 1.56. The topological polar surface area (TPSA) is 61.4 Å². The zero-order valence-corrected chi connectivity index (χ0v) is 17.0. The molecule has 0 radical (unpaired) electrons. The number of fused-ring (bicyclic) bond motifs is 1. The van der Waals surface area contributed by atoms with Crippen molar-refractivity contribution in [3.05, 3.63) is 72.3 Å². The number of benzene rings is 3. The smallest absolute Gasteiger partial charge is 0.324 e. The van der Waals surface area contributed by atoms with Crippen LogP contribution in [0.2, 0.25) is 0 Å². The number of carbonyl (C=O) groups excluding carboxylic acids is 2. The molecule has 0 aliphatic heterocycles. The van der Waals surface area contributed by atoms with E-state index in [0.29, 0.717) is 5.69 Å². The second-order valence-corrected chi connectivity index (χ2v) is 7.20. The SMILES string of the molecule is CC(C(=O)Nc1cccc2ccccc12)N(C)CC(=O)Nc1ccccc1C(F)(F)F. The molecule has 0 saturated carbocycles. The van der Waals surface area contributed by atoms with Crippen LogP contribution in [0.5, 0.6) is 0 Å². The Morgan fingerprint density at radius 3 is 2.26 bits per heavy atom. The Bertz CT molecular complexity index is 1090. The summed E-state index contributed by atoms with van der Waals surface area (Å²) in [6.07, 6.45) is -4.58. The van der Waals surface area contributed by atoms with E-state index in [1.54, 1.807) is 20.0 Å². The molecule has 1 atom stereocenters. The van der Waals surface area contributed by atoms with Crippen molar-refractivity contribution in [1.29, 1.82) is 0 Å². The van der Waals surface area contributed by atoms with Crippen LogP contribution in [-0.4, -0.2) is 36.3 Å². The fourth-order valence-corrected chi connectivity index (χ4v) is 3.16. The van der Waals surface area contributed by atoms with Gasteiger partial charge in [-0.1, -0.05) is 48.5 Å². The Hall–Kier alpha value is -3.39. The molecule has 3 rings (SSSR count). The lowest BCUT2D eigenvalue weighted by Gasteiger charge is -2.24. The normalized spacial score (nSPS) is 12.6. The number of nitrogens with one attached hydrogen (secondary N) is 2. The van der Waals surface area contributed by atoms with E-state index in [1.807, 2.05) is 36.4 Å². The first-order valence-electron chi connectivity index (χ1n) is 9.62. The summed E-state index contributed by atoms with van der Waals surface area (Å²) >= 11 is 0. The van der Waals surface area contributed by atoms with Gasteiger partial charge in [0.1, 0.15) is 0 Å². The maximum absolute atomic E-state index is 13.1. The number of anilines is 2. The van der Waals surface area contributed by atoms with Crippen molar-refractivity contribution in [1.82, 2.24) is 4.90 Å². The summed E-state index contributed by atoms with van der Waals surface area (Å²) in [5.74, 6) is -0.980. The van der Waals surface area contributed by atoms with Gasteiger partial charge in [-0.05, 0) is 37.6 Å². The molecule has 2 amide bonds. The fourth-order valence-electron chi connectivity index (χ4n) is 3.16. The summed E-state index contributed by atoms with van der Waals surface area (Å²) in [6.45, 7) is 1.37. The van der Waals surface area contributed by atoms with Crippen LogP contribution >= 0.6 is 0 Å². The van der Waals surface area contributed by atoms with Crippen molar-refractivity contribution < 1.29 is 22.8 Å². The monoisotopic (exact) mass is 429 g/mol. The first-order valence-corrected chi connectivity index (χ1v) is 9.62. The van der Waals surface area contributed by atoms with Crippen molar-refractivity contribution in [2.75, 3.05) is 24.2 Å². The van der Waals surface area contributed by atoms with Gasteiger partial charge in [0, 0.05) is 11.1 Å². The van der Waals surface area contributed by atoms with Crippen LogP contribution in [0.25, 0.3) is 10.8 Å². The predicted octanol–water partition coefficient (Wildman–Crippen LogP) is 4.76. The summed E-state index contributed by atoms with van der Waals surface area (Å²) in [6, 6.07) is 17.2. The van der Waals surface area contributed by atoms with Crippen LogP contribution in [0.3, 0.4) is 0 Å². The van der Waals surface area contributed by atoms with Gasteiger partial charge >= 0.3 is 6.18 Å². The van der Waals surface area contributed by atoms with Gasteiger partial charge in [0.05, 0.1) is 23.8 Å². The van der Waals surface area contributed by atoms with Crippen molar-refractivity contribution in [3.63, 3.8) is 0 Å². The molecule has 0 aliphatic carbocycles. The molecule has 2 N–H and O–H groups in total. The van der Waals surface area contributed by atoms with Crippen LogP contribution in [-0.2, 0) is 15.8 Å². The molecule has 0 bridgehead atoms. The number of para-hydroxylation sites is 1. The van der Waals surface area contributed by atoms with E-state index in [0.717, 1.165) is 16.8 Å². The number of likely N-dealkylation sites (N-methyl/N-ethyl adjacent to an activating group) is 1. The van der Waals surface area contributed by atoms with Crippen molar-refractivity contribution in [2.45, 2.75) is 19.1 Å². The Morgan fingerprint density at radius 2 is 1.52 bits per heavy atom. The maximum Gasteiger partial charge on any atom is 0.418 e. The molecule has 3 aromatic carbocycles. The van der Waals surface area contributed by atoms with Crippen LogP contribution < -0.4 is 10.6 Å². The zero-order chi connectivity index (χ0) is 22.6. The van der Waals surface area contributed by atoms with E-state index >= 15 is 0 Å². The van der Waals surface area contributed by atoms with Crippen molar-refractivity contribution >= 4 is 34.0 Å². The number of hydrogen-bond donors (Lipinski definition) is 2. The number of hydrogen-bond acceptors (Lipinski definition) is 3. The lowest BCUT2D eigenvalue weighted by molar-refractivity contribution is -0.137. The molecule has 0 saturated heterocycles. The molecule has 0 aromatic heterocycles. The Balaban J connectivity index is 1.64. The standard InChI is InChI=1S/C23H22F3N3O2/c1-15(22(31)28-19-13-7-9-16-8-3-4-10-17(16)19)29(2)14-21(30)27-20-12-6-5-11-18(20)23(24,25)26/h3-13,15H,14H2,1-2H3,(H,27,30)(H,28,31). The average molecular weight is 429 g/mol. The molecule has 1 unspecified atom stereocenters. The number of amides is 2. The van der Waals surface area contributed by atoms with Gasteiger partial charge in [-0.3, -0.25) is 14.5 Å². The van der Waals surface area contributed by atoms with Gasteiger partial charge in [0.15, 0.2) is 0 Å². The lowest BCUT2D eigenvalue weighted by atomic mass is 10.1. The summed E-state index contributed by atoms with van der Waals surface area (Å²) in [5.41, 5.74) is -0.596. The molecule has 0 fully saturated rings. The number of halogens is 3. The third kappa shape index (κ3) is 5.40. The minimum atomic E-state index is -4.58. The third-order valence-corrected chi connectivity index (χ3v) is 4.99. The third-order valence-electron chi connectivity index (χ3n) is 4.99. The van der Waals surface area contributed by atoms with Crippen LogP contribution in [0.15, 0.2) is 66.7 Å². The van der Waals surface area contributed by atoms with Gasteiger partial charge < -0.3 is 10.6 Å². The fraction of sp³-hybridized carbons (Fsp3) is 0.217. The summed E-state index contributed by atoms with van der Waals surface area (Å²) in [5, 5.41) is 7.00. The zero-order valence-electron chi connectivity index (χ0n) is 17.0. The molecule has 0 aliphatic rings. The molecule has 5 nitrogen and oxygen atoms in total. The second-order valence-electron chi connectivity index (χ2n) is 7.20. The van der Waals surface area contributed by atoms with Gasteiger partial charge in [0.2, 0.25) is 11.8 Å². The molecular formula is C23H22F3N3O2. The van der Waals surface area contributed by atoms with Crippen LogP contribution in [0.4, 0.5) is 24.5 Å². The van der Waals surface area contributed by atoms with Gasteiger partial charge in [0.25, 0.3) is 0 Å². The van der Waals surface area contributed by atoms with Gasteiger partial charge in [-0.2, -0.15) is 13.2 Å². The molecule has 162 valence electrons. The molecular weight excluding hydrogens is 407 g/mol. The van der Waals surface area contributed by atoms with Gasteiger partial charge in [-0.25, -0.2) is 0 Å². The molecule has 0 spiro atoms. The Labute approximate surface area is 177 Å². The predicted molar refractivity (Wildman–Crippen MR) is 115 cm³/mol. The largest absolute Gasteiger partial charge is 0.418 e. The highest BCUT2D eigenvalue weighted by molar-refractivity contribution is 6.04. The molecule has 3 aromatic rings. The molecule has 31 heavy (non-hydrogen) atoms. The number of nitrogens with zero attached hydrogens (tertiary/aromatic N) is 1. The quantitative estimate of drug-likeness (QED) is 0.594. The highest BCUT2D eigenvalue weighted by Gasteiger charge is 2.33. The van der Waals surface area contributed by atoms with E-state index in [2.05, 4.69) is 10.6 Å². The lowest BCUT2D eigenvalue weighted by Crippen LogP contribution is -2.43. The highest BCUT2D eigenvalue weighted by Crippen LogP contribution is 2.34. The van der Waals surface area contributed by atoms with Gasteiger partial charge in [-0.15, -0.1) is 0 Å². The average Bonchev–Trinajstić information content (AvgIpc) is 2.73. The van der Waals surface area contributed by atoms with E-state index in [4.69, 9.17) is 0 Å². The highest BCUT2D eigenvalue weighted by atomic mass is 19.4. The minimum absolute atomic E-state index is 0.254. The van der Waals surface area contributed by atoms with E-state index in [1.165, 1.54) is 23.1 Å². The Morgan fingerprint density at radius 1 is 0.903 bits per heavy atom. The minimum Gasteiger partial charge on any atom is -0.324 e. The Kier molecular flexibility index (Phi) is 6.60. The number of rotatable bonds is 6. The molecule has 0 heterocycles. The second kappa shape index (κ2) is 9.18. The van der Waals surface area contributed by atoms with Crippen molar-refractivity contribution in [2.24, 2.45) is 0 Å². The maximum atomic E-state index is 13.1. The first kappa shape index (κ1) is 22.3. The van der Waals surface area contributed by atoms with Crippen LogP contribution in [0, 0.1) is 0 Å². The molecule has 8 heteroatoms. The summed E-state index contributed by atoms with van der Waals surface area (Å²) in [4.78, 5) is 26.5. The van der Waals surface area contributed by atoms with Crippen molar-refractivity contribution in [3.8, 4) is 0 Å². The van der Waals surface area contributed by atoms with Crippen LogP contribution in [0.1, 0.15) is 12.5 Å². The summed E-state index contributed by atoms with van der Waals surface area (Å²) < 4.78 is 39.3. The van der Waals surface area contributed by atoms with E-state index in [-0.39, 0.29) is 18.1 Å². The van der Waals surface area contributed by atoms with E-state index < -0.39 is 23.7 Å². The van der Waals surface area contributed by atoms with E-state index in [9.17, 15) is 22.8 Å². The number of alkyl halides is 3. The number of carbonyl (C=O) groups is 2.